The van der Waals surface area contributed by atoms with E-state index in [4.69, 9.17) is 9.88 Å². The van der Waals surface area contributed by atoms with Gasteiger partial charge in [-0.15, -0.1) is 0 Å². The smallest absolute Gasteiger partial charge is 0.238 e. The van der Waals surface area contributed by atoms with Crippen molar-refractivity contribution in [1.29, 1.82) is 0 Å². The second kappa shape index (κ2) is 8.81. The van der Waals surface area contributed by atoms with Gasteiger partial charge in [0.2, 0.25) is 21.8 Å². The van der Waals surface area contributed by atoms with Gasteiger partial charge in [-0.25, -0.2) is 13.6 Å². The van der Waals surface area contributed by atoms with Crippen LogP contribution in [0.2, 0.25) is 0 Å². The van der Waals surface area contributed by atoms with Crippen molar-refractivity contribution in [2.75, 3.05) is 19.7 Å². The van der Waals surface area contributed by atoms with Gasteiger partial charge in [0.1, 0.15) is 5.41 Å². The summed E-state index contributed by atoms with van der Waals surface area (Å²) in [6.45, 7) is 4.60. The van der Waals surface area contributed by atoms with Gasteiger partial charge in [-0.05, 0) is 50.8 Å². The minimum absolute atomic E-state index is 0.0214. The van der Waals surface area contributed by atoms with Crippen molar-refractivity contribution in [2.45, 2.75) is 44.1 Å². The highest BCUT2D eigenvalue weighted by Gasteiger charge is 2.36. The van der Waals surface area contributed by atoms with E-state index in [1.165, 1.54) is 12.1 Å². The van der Waals surface area contributed by atoms with Crippen LogP contribution in [-0.4, -0.2) is 46.0 Å². The zero-order chi connectivity index (χ0) is 20.1. The quantitative estimate of drug-likeness (QED) is 0.544. The van der Waals surface area contributed by atoms with E-state index in [0.717, 1.165) is 18.4 Å². The van der Waals surface area contributed by atoms with Gasteiger partial charge >= 0.3 is 0 Å². The molecule has 150 valence electrons. The predicted molar refractivity (Wildman–Crippen MR) is 100 cm³/mol. The molecule has 0 radical (unpaired) electrons. The highest BCUT2D eigenvalue weighted by atomic mass is 32.2. The molecule has 0 aromatic heterocycles. The van der Waals surface area contributed by atoms with Crippen molar-refractivity contribution >= 4 is 21.8 Å². The zero-order valence-corrected chi connectivity index (χ0v) is 16.5. The van der Waals surface area contributed by atoms with Gasteiger partial charge in [-0.1, -0.05) is 12.1 Å². The van der Waals surface area contributed by atoms with E-state index in [1.54, 1.807) is 26.0 Å². The summed E-state index contributed by atoms with van der Waals surface area (Å²) in [5, 5.41) is 10.6. The summed E-state index contributed by atoms with van der Waals surface area (Å²) in [7, 11) is -3.72. The molecule has 1 heterocycles. The molecule has 2 rings (SSSR count). The molecule has 4 N–H and O–H groups in total. The Balaban J connectivity index is 1.80. The molecule has 1 atom stereocenters. The Morgan fingerprint density at radius 3 is 2.37 bits per heavy atom. The summed E-state index contributed by atoms with van der Waals surface area (Å²) < 4.78 is 27.9. The molecule has 1 fully saturated rings. The standard InChI is InChI=1S/C18H27N3O5S/c1-18(2,17(23)21-12-14-4-3-11-26-14)16(22)20-10-9-13-5-7-15(8-6-13)27(19,24)25/h5-8,14H,3-4,9-12H2,1-2H3,(H,20,22)(H,21,23)(H2,19,24,25). The maximum absolute atomic E-state index is 12.4. The van der Waals surface area contributed by atoms with Gasteiger partial charge < -0.3 is 15.4 Å². The third-order valence-electron chi connectivity index (χ3n) is 4.60. The molecule has 0 saturated carbocycles. The van der Waals surface area contributed by atoms with Crippen LogP contribution in [0.1, 0.15) is 32.3 Å². The van der Waals surface area contributed by atoms with Crippen LogP contribution in [0.4, 0.5) is 0 Å². The first-order valence-corrected chi connectivity index (χ1v) is 10.5. The van der Waals surface area contributed by atoms with Gasteiger partial charge in [0.25, 0.3) is 0 Å². The number of amides is 2. The van der Waals surface area contributed by atoms with Crippen LogP contribution in [0.15, 0.2) is 29.2 Å². The first-order valence-electron chi connectivity index (χ1n) is 8.90. The largest absolute Gasteiger partial charge is 0.376 e. The second-order valence-electron chi connectivity index (χ2n) is 7.16. The zero-order valence-electron chi connectivity index (χ0n) is 15.7. The van der Waals surface area contributed by atoms with Gasteiger partial charge in [0.15, 0.2) is 0 Å². The average Bonchev–Trinajstić information content (AvgIpc) is 3.12. The van der Waals surface area contributed by atoms with Crippen LogP contribution in [0.5, 0.6) is 0 Å². The SMILES string of the molecule is CC(C)(C(=O)NCCc1ccc(S(N)(=O)=O)cc1)C(=O)NCC1CCCO1. The number of ether oxygens (including phenoxy) is 1. The molecule has 2 amide bonds. The lowest BCUT2D eigenvalue weighted by Crippen LogP contribution is -2.49. The predicted octanol–water partition coefficient (Wildman–Crippen LogP) is 0.314. The number of sulfonamides is 1. The summed E-state index contributed by atoms with van der Waals surface area (Å²) in [4.78, 5) is 24.8. The van der Waals surface area contributed by atoms with Gasteiger partial charge in [0, 0.05) is 19.7 Å². The minimum Gasteiger partial charge on any atom is -0.376 e. The van der Waals surface area contributed by atoms with E-state index < -0.39 is 15.4 Å². The third-order valence-corrected chi connectivity index (χ3v) is 5.53. The van der Waals surface area contributed by atoms with Crippen LogP contribution in [0.25, 0.3) is 0 Å². The highest BCUT2D eigenvalue weighted by molar-refractivity contribution is 7.89. The number of nitrogens with one attached hydrogen (secondary N) is 2. The third kappa shape index (κ3) is 6.02. The first-order chi connectivity index (χ1) is 12.6. The summed E-state index contributed by atoms with van der Waals surface area (Å²) in [5.41, 5.74) is -0.348. The van der Waals surface area contributed by atoms with E-state index in [0.29, 0.717) is 26.1 Å². The van der Waals surface area contributed by atoms with E-state index in [9.17, 15) is 18.0 Å². The Labute approximate surface area is 159 Å². The molecule has 27 heavy (non-hydrogen) atoms. The molecule has 1 aliphatic rings. The number of hydrogen-bond acceptors (Lipinski definition) is 5. The number of rotatable bonds is 8. The fourth-order valence-corrected chi connectivity index (χ4v) is 3.24. The van der Waals surface area contributed by atoms with E-state index >= 15 is 0 Å². The highest BCUT2D eigenvalue weighted by Crippen LogP contribution is 2.17. The molecule has 0 bridgehead atoms. The number of primary sulfonamides is 1. The normalized spacial score (nSPS) is 17.5. The molecule has 8 nitrogen and oxygen atoms in total. The fraction of sp³-hybridized carbons (Fsp3) is 0.556. The number of nitrogens with two attached hydrogens (primary N) is 1. The Kier molecular flexibility index (Phi) is 6.96. The Hall–Kier alpha value is -1.97. The molecule has 1 aliphatic heterocycles. The van der Waals surface area contributed by atoms with Crippen molar-refractivity contribution in [1.82, 2.24) is 10.6 Å². The molecule has 1 unspecified atom stereocenters. The lowest BCUT2D eigenvalue weighted by molar-refractivity contribution is -0.141. The second-order valence-corrected chi connectivity index (χ2v) is 8.73. The number of benzene rings is 1. The maximum atomic E-state index is 12.4. The van der Waals surface area contributed by atoms with Gasteiger partial charge in [-0.2, -0.15) is 0 Å². The summed E-state index contributed by atoms with van der Waals surface area (Å²) in [6.07, 6.45) is 2.43. The van der Waals surface area contributed by atoms with E-state index in [-0.39, 0.29) is 22.8 Å². The van der Waals surface area contributed by atoms with Crippen molar-refractivity contribution < 1.29 is 22.7 Å². The summed E-state index contributed by atoms with van der Waals surface area (Å²) in [5.74, 6) is -0.707. The Morgan fingerprint density at radius 2 is 1.81 bits per heavy atom. The number of carbonyl (C=O) groups is 2. The topological polar surface area (TPSA) is 128 Å². The lowest BCUT2D eigenvalue weighted by Gasteiger charge is -2.23. The minimum atomic E-state index is -3.72. The van der Waals surface area contributed by atoms with Crippen LogP contribution in [0, 0.1) is 5.41 Å². The van der Waals surface area contributed by atoms with Crippen molar-refractivity contribution in [3.8, 4) is 0 Å². The maximum Gasteiger partial charge on any atom is 0.238 e. The van der Waals surface area contributed by atoms with Crippen molar-refractivity contribution in [3.05, 3.63) is 29.8 Å². The number of hydrogen-bond donors (Lipinski definition) is 3. The monoisotopic (exact) mass is 397 g/mol. The van der Waals surface area contributed by atoms with Crippen LogP contribution >= 0.6 is 0 Å². The van der Waals surface area contributed by atoms with Crippen LogP contribution < -0.4 is 15.8 Å². The fourth-order valence-electron chi connectivity index (χ4n) is 2.72. The Morgan fingerprint density at radius 1 is 1.19 bits per heavy atom. The molecule has 0 aliphatic carbocycles. The molecular formula is C18H27N3O5S. The summed E-state index contributed by atoms with van der Waals surface area (Å²) in [6, 6.07) is 6.14. The van der Waals surface area contributed by atoms with E-state index in [1.807, 2.05) is 0 Å². The van der Waals surface area contributed by atoms with E-state index in [2.05, 4.69) is 10.6 Å². The lowest BCUT2D eigenvalue weighted by atomic mass is 9.91. The molecular weight excluding hydrogens is 370 g/mol. The Bertz CT molecular complexity index is 769. The van der Waals surface area contributed by atoms with Gasteiger partial charge in [-0.3, -0.25) is 9.59 Å². The molecule has 1 aromatic rings. The van der Waals surface area contributed by atoms with Crippen LogP contribution in [-0.2, 0) is 30.8 Å². The molecule has 9 heteroatoms. The van der Waals surface area contributed by atoms with Crippen molar-refractivity contribution in [2.24, 2.45) is 10.6 Å². The average molecular weight is 397 g/mol. The summed E-state index contributed by atoms with van der Waals surface area (Å²) >= 11 is 0. The van der Waals surface area contributed by atoms with Gasteiger partial charge in [0.05, 0.1) is 11.0 Å². The molecule has 0 spiro atoms. The van der Waals surface area contributed by atoms with Crippen LogP contribution in [0.3, 0.4) is 0 Å². The molecule has 1 aromatic carbocycles. The molecule has 1 saturated heterocycles. The van der Waals surface area contributed by atoms with Crippen molar-refractivity contribution in [3.63, 3.8) is 0 Å². The first kappa shape index (κ1) is 21.3. The number of carbonyl (C=O) groups excluding carboxylic acids is 2.